The maximum absolute atomic E-state index is 11.9. The Labute approximate surface area is 219 Å². The van der Waals surface area contributed by atoms with E-state index in [9.17, 15) is 14.9 Å². The van der Waals surface area contributed by atoms with Crippen LogP contribution in [0.2, 0.25) is 0 Å². The van der Waals surface area contributed by atoms with Gasteiger partial charge in [0.05, 0.1) is 90.8 Å². The molecule has 1 rings (SSSR count). The van der Waals surface area contributed by atoms with Crippen molar-refractivity contribution in [3.05, 3.63) is 21.9 Å². The molecule has 0 aromatic heterocycles. The summed E-state index contributed by atoms with van der Waals surface area (Å²) in [5.74, 6) is -0.204. The van der Waals surface area contributed by atoms with Gasteiger partial charge in [-0.15, -0.1) is 0 Å². The molecule has 202 valence electrons. The number of rotatable bonds is 26. The summed E-state index contributed by atoms with van der Waals surface area (Å²) in [5.41, 5.74) is 0.119. The standard InChI is InChI=1S/C22H37IN2O10/c23-3-5-30-7-9-32-11-13-34-15-17-35-16-14-33-12-10-31-8-6-29-4-1-2-22(26)21-18-20(19-24-21)25(27)28/h18H,1-17,19H2. The molecule has 1 aliphatic rings. The summed E-state index contributed by atoms with van der Waals surface area (Å²) in [6, 6.07) is 0. The van der Waals surface area contributed by atoms with Gasteiger partial charge in [-0.3, -0.25) is 19.9 Å². The molecule has 0 saturated carbocycles. The van der Waals surface area contributed by atoms with E-state index in [1.165, 1.54) is 6.08 Å². The first-order chi connectivity index (χ1) is 17.1. The van der Waals surface area contributed by atoms with Crippen LogP contribution < -0.4 is 0 Å². The van der Waals surface area contributed by atoms with Crippen LogP contribution in [0, 0.1) is 10.1 Å². The normalized spacial score (nSPS) is 13.2. The van der Waals surface area contributed by atoms with E-state index >= 15 is 0 Å². The van der Waals surface area contributed by atoms with Crippen molar-refractivity contribution in [2.45, 2.75) is 12.8 Å². The van der Waals surface area contributed by atoms with Gasteiger partial charge in [-0.2, -0.15) is 0 Å². The Morgan fingerprint density at radius 1 is 0.771 bits per heavy atom. The minimum absolute atomic E-state index is 0.0416. The molecular formula is C22H37IN2O10. The Balaban J connectivity index is 1.73. The predicted molar refractivity (Wildman–Crippen MR) is 136 cm³/mol. The van der Waals surface area contributed by atoms with Crippen molar-refractivity contribution in [1.29, 1.82) is 0 Å². The molecule has 0 unspecified atom stereocenters. The zero-order chi connectivity index (χ0) is 25.4. The number of ether oxygens (including phenoxy) is 7. The van der Waals surface area contributed by atoms with Crippen LogP contribution in [0.1, 0.15) is 12.8 Å². The lowest BCUT2D eigenvalue weighted by molar-refractivity contribution is -0.424. The number of ketones is 1. The lowest BCUT2D eigenvalue weighted by atomic mass is 10.1. The van der Waals surface area contributed by atoms with Crippen molar-refractivity contribution >= 4 is 34.1 Å². The van der Waals surface area contributed by atoms with Gasteiger partial charge in [0, 0.05) is 23.5 Å². The number of aliphatic imine (C=N–C) groups is 1. The maximum Gasteiger partial charge on any atom is 0.269 e. The molecule has 0 aromatic carbocycles. The first-order valence-corrected chi connectivity index (χ1v) is 13.2. The van der Waals surface area contributed by atoms with E-state index in [1.807, 2.05) is 0 Å². The van der Waals surface area contributed by atoms with Gasteiger partial charge in [0.1, 0.15) is 12.3 Å². The van der Waals surface area contributed by atoms with Gasteiger partial charge >= 0.3 is 0 Å². The second-order valence-electron chi connectivity index (χ2n) is 7.10. The van der Waals surface area contributed by atoms with Crippen molar-refractivity contribution in [3.63, 3.8) is 0 Å². The number of nitro groups is 1. The van der Waals surface area contributed by atoms with Crippen LogP contribution in [-0.2, 0) is 38.0 Å². The molecular weight excluding hydrogens is 579 g/mol. The van der Waals surface area contributed by atoms with E-state index in [1.54, 1.807) is 0 Å². The Hall–Kier alpha value is -1.07. The van der Waals surface area contributed by atoms with Gasteiger partial charge in [0.2, 0.25) is 0 Å². The van der Waals surface area contributed by atoms with Crippen LogP contribution in [0.25, 0.3) is 0 Å². The average molecular weight is 616 g/mol. The van der Waals surface area contributed by atoms with Crippen molar-refractivity contribution in [1.82, 2.24) is 0 Å². The van der Waals surface area contributed by atoms with Crippen LogP contribution in [0.4, 0.5) is 0 Å². The van der Waals surface area contributed by atoms with Crippen molar-refractivity contribution in [2.75, 3.05) is 103 Å². The third kappa shape index (κ3) is 18.8. The highest BCUT2D eigenvalue weighted by Gasteiger charge is 2.21. The summed E-state index contributed by atoms with van der Waals surface area (Å²) in [4.78, 5) is 25.9. The molecule has 0 N–H and O–H groups in total. The minimum atomic E-state index is -0.519. The zero-order valence-corrected chi connectivity index (χ0v) is 22.3. The van der Waals surface area contributed by atoms with E-state index in [4.69, 9.17) is 33.2 Å². The summed E-state index contributed by atoms with van der Waals surface area (Å²) in [5, 5.41) is 10.6. The molecule has 35 heavy (non-hydrogen) atoms. The SMILES string of the molecule is O=C(CCCOCCOCCOCCOCCOCCOCCOCCI)C1=NCC([N+](=O)[O-])=C1. The fourth-order valence-corrected chi connectivity index (χ4v) is 2.94. The summed E-state index contributed by atoms with van der Waals surface area (Å²) < 4.78 is 38.7. The zero-order valence-electron chi connectivity index (χ0n) is 20.2. The molecule has 0 fully saturated rings. The summed E-state index contributed by atoms with van der Waals surface area (Å²) >= 11 is 2.27. The number of nitrogens with zero attached hydrogens (tertiary/aromatic N) is 2. The van der Waals surface area contributed by atoms with Gasteiger partial charge in [-0.05, 0) is 6.42 Å². The molecule has 1 heterocycles. The van der Waals surface area contributed by atoms with Crippen molar-refractivity contribution in [3.8, 4) is 0 Å². The topological polar surface area (TPSA) is 137 Å². The van der Waals surface area contributed by atoms with Crippen LogP contribution in [0.15, 0.2) is 16.8 Å². The highest BCUT2D eigenvalue weighted by molar-refractivity contribution is 14.1. The van der Waals surface area contributed by atoms with Gasteiger partial charge in [0.25, 0.3) is 5.70 Å². The van der Waals surface area contributed by atoms with Gasteiger partial charge in [-0.1, -0.05) is 22.6 Å². The summed E-state index contributed by atoms with van der Waals surface area (Å²) in [6.07, 6.45) is 2.01. The second-order valence-corrected chi connectivity index (χ2v) is 8.18. The number of halogens is 1. The minimum Gasteiger partial charge on any atom is -0.379 e. The van der Waals surface area contributed by atoms with E-state index in [-0.39, 0.29) is 30.2 Å². The van der Waals surface area contributed by atoms with Gasteiger partial charge in [0.15, 0.2) is 5.78 Å². The third-order valence-corrected chi connectivity index (χ3v) is 4.82. The lowest BCUT2D eigenvalue weighted by Crippen LogP contribution is -2.15. The maximum atomic E-state index is 11.9. The number of allylic oxidation sites excluding steroid dienone is 1. The molecule has 0 bridgehead atoms. The van der Waals surface area contributed by atoms with Crippen LogP contribution in [-0.4, -0.2) is 120 Å². The molecule has 0 radical (unpaired) electrons. The van der Waals surface area contributed by atoms with Crippen molar-refractivity contribution < 1.29 is 42.9 Å². The van der Waals surface area contributed by atoms with Crippen LogP contribution in [0.3, 0.4) is 0 Å². The Morgan fingerprint density at radius 3 is 1.54 bits per heavy atom. The fourth-order valence-electron chi connectivity index (χ4n) is 2.63. The fraction of sp³-hybridized carbons (Fsp3) is 0.818. The molecule has 12 nitrogen and oxygen atoms in total. The van der Waals surface area contributed by atoms with E-state index in [2.05, 4.69) is 27.6 Å². The first kappa shape index (κ1) is 32.0. The number of hydrogen-bond acceptors (Lipinski definition) is 11. The largest absolute Gasteiger partial charge is 0.379 e. The molecule has 0 aliphatic carbocycles. The number of carbonyl (C=O) groups excluding carboxylic acids is 1. The monoisotopic (exact) mass is 616 g/mol. The van der Waals surface area contributed by atoms with Crippen LogP contribution >= 0.6 is 22.6 Å². The summed E-state index contributed by atoms with van der Waals surface area (Å²) in [7, 11) is 0. The van der Waals surface area contributed by atoms with E-state index in [0.717, 1.165) is 11.0 Å². The molecule has 0 aromatic rings. The predicted octanol–water partition coefficient (Wildman–Crippen LogP) is 1.50. The highest BCUT2D eigenvalue weighted by Crippen LogP contribution is 2.08. The Morgan fingerprint density at radius 2 is 1.17 bits per heavy atom. The average Bonchev–Trinajstić information content (AvgIpc) is 3.35. The number of carbonyl (C=O) groups is 1. The van der Waals surface area contributed by atoms with Crippen molar-refractivity contribution in [2.24, 2.45) is 4.99 Å². The highest BCUT2D eigenvalue weighted by atomic mass is 127. The molecule has 1 aliphatic heterocycles. The molecule has 0 spiro atoms. The molecule has 0 atom stereocenters. The van der Waals surface area contributed by atoms with E-state index < -0.39 is 4.92 Å². The van der Waals surface area contributed by atoms with E-state index in [0.29, 0.717) is 92.3 Å². The summed E-state index contributed by atoms with van der Waals surface area (Å²) in [6.45, 7) is 7.17. The van der Waals surface area contributed by atoms with Gasteiger partial charge in [-0.25, -0.2) is 0 Å². The Bertz CT molecular complexity index is 633. The molecule has 13 heteroatoms. The number of hydrogen-bond donors (Lipinski definition) is 0. The lowest BCUT2D eigenvalue weighted by Gasteiger charge is -2.08. The smallest absolute Gasteiger partial charge is 0.269 e. The number of alkyl halides is 1. The second kappa shape index (κ2) is 23.3. The molecule has 0 saturated heterocycles. The van der Waals surface area contributed by atoms with Crippen LogP contribution in [0.5, 0.6) is 0 Å². The number of Topliss-reactive ketones (excluding diaryl/α,β-unsaturated/α-hetero) is 1. The first-order valence-electron chi connectivity index (χ1n) is 11.7. The Kier molecular flexibility index (Phi) is 21.3. The quantitative estimate of drug-likeness (QED) is 0.0462. The molecule has 0 amide bonds. The third-order valence-electron chi connectivity index (χ3n) is 4.38. The van der Waals surface area contributed by atoms with Gasteiger partial charge < -0.3 is 33.2 Å².